The molecule has 1 aromatic rings. The van der Waals surface area contributed by atoms with Crippen LogP contribution in [0.5, 0.6) is 0 Å². The number of ether oxygens (including phenoxy) is 1. The molecule has 1 saturated heterocycles. The Morgan fingerprint density at radius 3 is 2.80 bits per heavy atom. The minimum Gasteiger partial charge on any atom is -0.382 e. The predicted octanol–water partition coefficient (Wildman–Crippen LogP) is 2.73. The quantitative estimate of drug-likeness (QED) is 0.806. The standard InChI is InChI=1S/C17H24N2O/c1-3-11-19-12-9-16(10-13-19)18-17-8-6-5-7-15(17)14-20-4-2/h1,5-8,16,18H,4,9-14H2,2H3. The Morgan fingerprint density at radius 1 is 1.35 bits per heavy atom. The lowest BCUT2D eigenvalue weighted by Gasteiger charge is -2.32. The second kappa shape index (κ2) is 7.94. The summed E-state index contributed by atoms with van der Waals surface area (Å²) in [4.78, 5) is 2.34. The fraction of sp³-hybridized carbons (Fsp3) is 0.529. The SMILES string of the molecule is C#CCN1CCC(Nc2ccccc2COCC)CC1. The van der Waals surface area contributed by atoms with Crippen LogP contribution in [0.4, 0.5) is 5.69 Å². The van der Waals surface area contributed by atoms with Gasteiger partial charge in [0.15, 0.2) is 0 Å². The third-order valence-electron chi connectivity index (χ3n) is 3.74. The van der Waals surface area contributed by atoms with Crippen molar-refractivity contribution in [3.63, 3.8) is 0 Å². The van der Waals surface area contributed by atoms with Crippen LogP contribution < -0.4 is 5.32 Å². The van der Waals surface area contributed by atoms with Crippen LogP contribution in [0.2, 0.25) is 0 Å². The first kappa shape index (κ1) is 14.9. The molecule has 0 saturated carbocycles. The summed E-state index contributed by atoms with van der Waals surface area (Å²) in [5, 5.41) is 3.66. The number of nitrogens with zero attached hydrogens (tertiary/aromatic N) is 1. The van der Waals surface area contributed by atoms with Crippen LogP contribution in [-0.4, -0.2) is 37.2 Å². The van der Waals surface area contributed by atoms with E-state index >= 15 is 0 Å². The van der Waals surface area contributed by atoms with Crippen molar-refractivity contribution in [2.45, 2.75) is 32.4 Å². The van der Waals surface area contributed by atoms with Crippen molar-refractivity contribution < 1.29 is 4.74 Å². The average Bonchev–Trinajstić information content (AvgIpc) is 2.49. The summed E-state index contributed by atoms with van der Waals surface area (Å²) in [6.07, 6.45) is 7.65. The van der Waals surface area contributed by atoms with Gasteiger partial charge in [0.1, 0.15) is 0 Å². The van der Waals surface area contributed by atoms with E-state index in [9.17, 15) is 0 Å². The molecule has 0 bridgehead atoms. The number of para-hydroxylation sites is 1. The highest BCUT2D eigenvalue weighted by atomic mass is 16.5. The maximum atomic E-state index is 5.53. The highest BCUT2D eigenvalue weighted by molar-refractivity contribution is 5.51. The highest BCUT2D eigenvalue weighted by Gasteiger charge is 2.18. The van der Waals surface area contributed by atoms with E-state index in [2.05, 4.69) is 40.4 Å². The van der Waals surface area contributed by atoms with Crippen LogP contribution in [0.1, 0.15) is 25.3 Å². The zero-order chi connectivity index (χ0) is 14.2. The molecule has 0 aromatic heterocycles. The molecule has 1 heterocycles. The minimum atomic E-state index is 0.534. The van der Waals surface area contributed by atoms with Crippen molar-refractivity contribution in [2.75, 3.05) is 31.6 Å². The van der Waals surface area contributed by atoms with Gasteiger partial charge in [-0.1, -0.05) is 24.1 Å². The van der Waals surface area contributed by atoms with Gasteiger partial charge in [-0.3, -0.25) is 4.90 Å². The van der Waals surface area contributed by atoms with Crippen molar-refractivity contribution in [3.8, 4) is 12.3 Å². The van der Waals surface area contributed by atoms with E-state index < -0.39 is 0 Å². The lowest BCUT2D eigenvalue weighted by Crippen LogP contribution is -2.39. The average molecular weight is 272 g/mol. The fourth-order valence-corrected chi connectivity index (χ4v) is 2.58. The van der Waals surface area contributed by atoms with Gasteiger partial charge in [-0.15, -0.1) is 6.42 Å². The molecule has 1 N–H and O–H groups in total. The van der Waals surface area contributed by atoms with Crippen LogP contribution >= 0.6 is 0 Å². The third-order valence-corrected chi connectivity index (χ3v) is 3.74. The second-order valence-electron chi connectivity index (χ2n) is 5.19. The van der Waals surface area contributed by atoms with Crippen LogP contribution in [0, 0.1) is 12.3 Å². The van der Waals surface area contributed by atoms with Gasteiger partial charge in [-0.05, 0) is 25.8 Å². The van der Waals surface area contributed by atoms with Crippen LogP contribution in [0.25, 0.3) is 0 Å². The Hall–Kier alpha value is -1.50. The molecule has 1 aliphatic heterocycles. The Balaban J connectivity index is 1.89. The number of hydrogen-bond acceptors (Lipinski definition) is 3. The summed E-state index contributed by atoms with van der Waals surface area (Å²) in [5.41, 5.74) is 2.44. The molecule has 1 aliphatic rings. The summed E-state index contributed by atoms with van der Waals surface area (Å²) in [6.45, 7) is 6.38. The predicted molar refractivity (Wildman–Crippen MR) is 83.7 cm³/mol. The number of benzene rings is 1. The van der Waals surface area contributed by atoms with Gasteiger partial charge in [0.25, 0.3) is 0 Å². The van der Waals surface area contributed by atoms with Crippen LogP contribution in [0.3, 0.4) is 0 Å². The molecule has 20 heavy (non-hydrogen) atoms. The number of rotatable bonds is 6. The maximum Gasteiger partial charge on any atom is 0.0736 e. The molecule has 0 atom stereocenters. The van der Waals surface area contributed by atoms with Gasteiger partial charge >= 0.3 is 0 Å². The first-order valence-electron chi connectivity index (χ1n) is 7.41. The number of hydrogen-bond donors (Lipinski definition) is 1. The fourth-order valence-electron chi connectivity index (χ4n) is 2.58. The summed E-state index contributed by atoms with van der Waals surface area (Å²) in [7, 11) is 0. The second-order valence-corrected chi connectivity index (χ2v) is 5.19. The van der Waals surface area contributed by atoms with Gasteiger partial charge < -0.3 is 10.1 Å². The normalized spacial score (nSPS) is 16.8. The molecular weight excluding hydrogens is 248 g/mol. The summed E-state index contributed by atoms with van der Waals surface area (Å²) in [6, 6.07) is 8.94. The molecule has 0 radical (unpaired) electrons. The highest BCUT2D eigenvalue weighted by Crippen LogP contribution is 2.21. The Bertz CT molecular complexity index is 445. The van der Waals surface area contributed by atoms with Gasteiger partial charge in [-0.2, -0.15) is 0 Å². The molecule has 0 amide bonds. The molecule has 0 unspecified atom stereocenters. The molecule has 0 spiro atoms. The zero-order valence-electron chi connectivity index (χ0n) is 12.3. The minimum absolute atomic E-state index is 0.534. The number of piperidine rings is 1. The van der Waals surface area contributed by atoms with Crippen molar-refractivity contribution in [1.82, 2.24) is 4.90 Å². The molecule has 108 valence electrons. The first-order valence-corrected chi connectivity index (χ1v) is 7.41. The molecule has 0 aliphatic carbocycles. The Kier molecular flexibility index (Phi) is 5.91. The number of anilines is 1. The van der Waals surface area contributed by atoms with E-state index in [0.29, 0.717) is 12.6 Å². The van der Waals surface area contributed by atoms with Gasteiger partial charge in [0.2, 0.25) is 0 Å². The van der Waals surface area contributed by atoms with E-state index in [1.54, 1.807) is 0 Å². The number of terminal acetylenes is 1. The van der Waals surface area contributed by atoms with Gasteiger partial charge in [0, 0.05) is 37.0 Å². The first-order chi connectivity index (χ1) is 9.83. The van der Waals surface area contributed by atoms with Crippen LogP contribution in [-0.2, 0) is 11.3 Å². The number of nitrogens with one attached hydrogen (secondary N) is 1. The van der Waals surface area contributed by atoms with Crippen LogP contribution in [0.15, 0.2) is 24.3 Å². The third kappa shape index (κ3) is 4.26. The lowest BCUT2D eigenvalue weighted by atomic mass is 10.0. The van der Waals surface area contributed by atoms with Gasteiger partial charge in [0.05, 0.1) is 13.2 Å². The largest absolute Gasteiger partial charge is 0.382 e. The van der Waals surface area contributed by atoms with E-state index in [1.165, 1.54) is 11.3 Å². The van der Waals surface area contributed by atoms with Gasteiger partial charge in [-0.25, -0.2) is 0 Å². The Labute approximate surface area is 122 Å². The van der Waals surface area contributed by atoms with E-state index in [0.717, 1.165) is 39.1 Å². The zero-order valence-corrected chi connectivity index (χ0v) is 12.3. The maximum absolute atomic E-state index is 5.53. The monoisotopic (exact) mass is 272 g/mol. The topological polar surface area (TPSA) is 24.5 Å². The molecule has 1 aromatic carbocycles. The molecule has 3 heteroatoms. The van der Waals surface area contributed by atoms with Crippen molar-refractivity contribution in [2.24, 2.45) is 0 Å². The number of likely N-dealkylation sites (tertiary alicyclic amines) is 1. The molecule has 1 fully saturated rings. The van der Waals surface area contributed by atoms with Crippen molar-refractivity contribution in [3.05, 3.63) is 29.8 Å². The van der Waals surface area contributed by atoms with E-state index in [4.69, 9.17) is 11.2 Å². The molecule has 3 nitrogen and oxygen atoms in total. The van der Waals surface area contributed by atoms with E-state index in [1.807, 2.05) is 6.92 Å². The summed E-state index contributed by atoms with van der Waals surface area (Å²) < 4.78 is 5.53. The van der Waals surface area contributed by atoms with E-state index in [-0.39, 0.29) is 0 Å². The molecular formula is C17H24N2O. The summed E-state index contributed by atoms with van der Waals surface area (Å²) in [5.74, 6) is 2.72. The molecule has 2 rings (SSSR count). The Morgan fingerprint density at radius 2 is 2.10 bits per heavy atom. The lowest BCUT2D eigenvalue weighted by molar-refractivity contribution is 0.134. The van der Waals surface area contributed by atoms with Crippen molar-refractivity contribution >= 4 is 5.69 Å². The van der Waals surface area contributed by atoms with Crippen molar-refractivity contribution in [1.29, 1.82) is 0 Å². The smallest absolute Gasteiger partial charge is 0.0736 e. The summed E-state index contributed by atoms with van der Waals surface area (Å²) >= 11 is 0.